The molecule has 1 aliphatic carbocycles. The van der Waals surface area contributed by atoms with Crippen molar-refractivity contribution >= 4 is 0 Å². The van der Waals surface area contributed by atoms with Gasteiger partial charge < -0.3 is 4.74 Å². The average Bonchev–Trinajstić information content (AvgIpc) is 2.74. The Kier molecular flexibility index (Phi) is 7.37. The number of ether oxygens (including phenoxy) is 1. The van der Waals surface area contributed by atoms with E-state index >= 15 is 0 Å². The highest BCUT2D eigenvalue weighted by molar-refractivity contribution is 5.42. The van der Waals surface area contributed by atoms with E-state index < -0.39 is 23.7 Å². The van der Waals surface area contributed by atoms with Crippen LogP contribution >= 0.6 is 0 Å². The number of rotatable bonds is 4. The Bertz CT molecular complexity index is 949. The summed E-state index contributed by atoms with van der Waals surface area (Å²) in [5.41, 5.74) is 2.65. The largest absolute Gasteiger partial charge is 0.573 e. The van der Waals surface area contributed by atoms with Crippen molar-refractivity contribution in [1.29, 1.82) is 0 Å². The molecule has 164 valence electrons. The molecule has 0 spiro atoms. The van der Waals surface area contributed by atoms with Crippen LogP contribution in [-0.4, -0.2) is 6.36 Å². The third-order valence-electron chi connectivity index (χ3n) is 5.52. The standard InChI is InChI=1S/C25H23F5O/c1-2-17-7-11-20(12-8-17)21-13-9-18(10-14-21)5-3-4-6-19-15-22(26)24(23(27)16-19)31-25(28,29)30/h3,5,7-8,11-12,15-16,18,21H,2,9-10,13-14H2,1H3. The lowest BCUT2D eigenvalue weighted by molar-refractivity contribution is -0.276. The summed E-state index contributed by atoms with van der Waals surface area (Å²) in [6, 6.07) is 10.2. The van der Waals surface area contributed by atoms with Gasteiger partial charge in [0, 0.05) is 5.56 Å². The van der Waals surface area contributed by atoms with Crippen LogP contribution in [0.25, 0.3) is 0 Å². The van der Waals surface area contributed by atoms with Gasteiger partial charge in [0.1, 0.15) is 0 Å². The van der Waals surface area contributed by atoms with Crippen LogP contribution < -0.4 is 4.74 Å². The van der Waals surface area contributed by atoms with Crippen LogP contribution in [0.3, 0.4) is 0 Å². The lowest BCUT2D eigenvalue weighted by Gasteiger charge is -2.27. The number of benzene rings is 2. The highest BCUT2D eigenvalue weighted by Crippen LogP contribution is 2.36. The van der Waals surface area contributed by atoms with Crippen molar-refractivity contribution in [1.82, 2.24) is 0 Å². The third kappa shape index (κ3) is 6.58. The molecule has 0 radical (unpaired) electrons. The van der Waals surface area contributed by atoms with Gasteiger partial charge in [-0.3, -0.25) is 0 Å². The smallest absolute Gasteiger partial charge is 0.399 e. The molecule has 1 fully saturated rings. The zero-order valence-electron chi connectivity index (χ0n) is 17.1. The summed E-state index contributed by atoms with van der Waals surface area (Å²) >= 11 is 0. The second-order valence-corrected chi connectivity index (χ2v) is 7.65. The van der Waals surface area contributed by atoms with Crippen LogP contribution in [0.4, 0.5) is 22.0 Å². The zero-order chi connectivity index (χ0) is 22.4. The molecule has 0 bridgehead atoms. The fourth-order valence-corrected chi connectivity index (χ4v) is 3.82. The van der Waals surface area contributed by atoms with Gasteiger partial charge in [0.15, 0.2) is 11.6 Å². The highest BCUT2D eigenvalue weighted by Gasteiger charge is 2.34. The van der Waals surface area contributed by atoms with Gasteiger partial charge >= 0.3 is 6.36 Å². The number of hydrogen-bond acceptors (Lipinski definition) is 1. The molecule has 0 amide bonds. The minimum atomic E-state index is -5.17. The van der Waals surface area contributed by atoms with E-state index in [2.05, 4.69) is 47.8 Å². The van der Waals surface area contributed by atoms with E-state index in [-0.39, 0.29) is 5.56 Å². The Morgan fingerprint density at radius 3 is 2.16 bits per heavy atom. The number of allylic oxidation sites excluding steroid dienone is 2. The Morgan fingerprint density at radius 2 is 1.61 bits per heavy atom. The lowest BCUT2D eigenvalue weighted by Crippen LogP contribution is -2.19. The lowest BCUT2D eigenvalue weighted by atomic mass is 9.78. The van der Waals surface area contributed by atoms with E-state index in [9.17, 15) is 22.0 Å². The minimum Gasteiger partial charge on any atom is -0.399 e. The van der Waals surface area contributed by atoms with Crippen molar-refractivity contribution in [2.75, 3.05) is 0 Å². The molecule has 3 rings (SSSR count). The fourth-order valence-electron chi connectivity index (χ4n) is 3.82. The Hall–Kier alpha value is -2.81. The Morgan fingerprint density at radius 1 is 1.00 bits per heavy atom. The summed E-state index contributed by atoms with van der Waals surface area (Å²) < 4.78 is 67.3. The van der Waals surface area contributed by atoms with E-state index in [0.29, 0.717) is 11.8 Å². The van der Waals surface area contributed by atoms with Gasteiger partial charge in [0.05, 0.1) is 0 Å². The van der Waals surface area contributed by atoms with Crippen molar-refractivity contribution < 1.29 is 26.7 Å². The zero-order valence-corrected chi connectivity index (χ0v) is 17.1. The van der Waals surface area contributed by atoms with Crippen LogP contribution in [-0.2, 0) is 6.42 Å². The maximum atomic E-state index is 13.7. The monoisotopic (exact) mass is 434 g/mol. The quantitative estimate of drug-likeness (QED) is 0.362. The molecule has 6 heteroatoms. The minimum absolute atomic E-state index is 0.0617. The summed E-state index contributed by atoms with van der Waals surface area (Å²) in [7, 11) is 0. The van der Waals surface area contributed by atoms with Crippen molar-refractivity contribution in [2.24, 2.45) is 5.92 Å². The van der Waals surface area contributed by atoms with Crippen molar-refractivity contribution in [2.45, 2.75) is 51.3 Å². The number of alkyl halides is 3. The molecule has 0 aliphatic heterocycles. The molecule has 0 unspecified atom stereocenters. The van der Waals surface area contributed by atoms with Gasteiger partial charge in [0.25, 0.3) is 0 Å². The summed E-state index contributed by atoms with van der Waals surface area (Å²) in [6.07, 6.45) is 3.72. The van der Waals surface area contributed by atoms with E-state index in [0.717, 1.165) is 44.2 Å². The van der Waals surface area contributed by atoms with Crippen LogP contribution in [0.5, 0.6) is 5.75 Å². The van der Waals surface area contributed by atoms with Gasteiger partial charge in [-0.1, -0.05) is 49.1 Å². The predicted octanol–water partition coefficient (Wildman–Crippen LogP) is 7.31. The molecule has 1 nitrogen and oxygen atoms in total. The topological polar surface area (TPSA) is 9.23 Å². The van der Waals surface area contributed by atoms with Gasteiger partial charge in [-0.25, -0.2) is 8.78 Å². The average molecular weight is 434 g/mol. The molecule has 2 aromatic rings. The molecule has 0 saturated heterocycles. The van der Waals surface area contributed by atoms with Crippen molar-refractivity contribution in [3.05, 3.63) is 76.9 Å². The van der Waals surface area contributed by atoms with Crippen LogP contribution in [0.15, 0.2) is 48.6 Å². The van der Waals surface area contributed by atoms with Crippen LogP contribution in [0.2, 0.25) is 0 Å². The molecule has 0 aromatic heterocycles. The molecule has 0 atom stereocenters. The molecular formula is C25H23F5O. The summed E-state index contributed by atoms with van der Waals surface area (Å²) in [4.78, 5) is 0. The Balaban J connectivity index is 1.55. The molecule has 0 heterocycles. The van der Waals surface area contributed by atoms with Gasteiger partial charge in [0.2, 0.25) is 5.75 Å². The second kappa shape index (κ2) is 10.00. The first-order chi connectivity index (χ1) is 14.7. The molecule has 0 N–H and O–H groups in total. The summed E-state index contributed by atoms with van der Waals surface area (Å²) in [5.74, 6) is 1.82. The van der Waals surface area contributed by atoms with Gasteiger partial charge in [-0.2, -0.15) is 0 Å². The van der Waals surface area contributed by atoms with E-state index in [1.54, 1.807) is 6.08 Å². The van der Waals surface area contributed by atoms with Crippen LogP contribution in [0, 0.1) is 29.4 Å². The first kappa shape index (κ1) is 22.9. The van der Waals surface area contributed by atoms with E-state index in [1.165, 1.54) is 11.1 Å². The predicted molar refractivity (Wildman–Crippen MR) is 110 cm³/mol. The molecule has 31 heavy (non-hydrogen) atoms. The van der Waals surface area contributed by atoms with E-state index in [4.69, 9.17) is 0 Å². The maximum absolute atomic E-state index is 13.7. The first-order valence-corrected chi connectivity index (χ1v) is 10.3. The van der Waals surface area contributed by atoms with Gasteiger partial charge in [-0.15, -0.1) is 13.2 Å². The van der Waals surface area contributed by atoms with Gasteiger partial charge in [-0.05, 0) is 73.3 Å². The first-order valence-electron chi connectivity index (χ1n) is 10.3. The number of hydrogen-bond donors (Lipinski definition) is 0. The van der Waals surface area contributed by atoms with Crippen LogP contribution in [0.1, 0.15) is 55.2 Å². The maximum Gasteiger partial charge on any atom is 0.573 e. The SMILES string of the molecule is CCc1ccc(C2CCC(C=CC#Cc3cc(F)c(OC(F)(F)F)c(F)c3)CC2)cc1. The summed E-state index contributed by atoms with van der Waals surface area (Å²) in [6.45, 7) is 2.14. The number of aryl methyl sites for hydroxylation is 1. The summed E-state index contributed by atoms with van der Waals surface area (Å²) in [5, 5.41) is 0. The number of halogens is 5. The fraction of sp³-hybridized carbons (Fsp3) is 0.360. The molecule has 2 aromatic carbocycles. The second-order valence-electron chi connectivity index (χ2n) is 7.65. The molecular weight excluding hydrogens is 411 g/mol. The molecule has 1 aliphatic rings. The van der Waals surface area contributed by atoms with Crippen molar-refractivity contribution in [3.8, 4) is 17.6 Å². The normalized spacial score (nSPS) is 19.2. The highest BCUT2D eigenvalue weighted by atomic mass is 19.4. The molecule has 1 saturated carbocycles. The Labute approximate surface area is 178 Å². The van der Waals surface area contributed by atoms with E-state index in [1.807, 2.05) is 6.08 Å². The van der Waals surface area contributed by atoms with Crippen molar-refractivity contribution in [3.63, 3.8) is 0 Å². The third-order valence-corrected chi connectivity index (χ3v) is 5.52.